The molecule has 0 aromatic rings. The van der Waals surface area contributed by atoms with E-state index in [-0.39, 0.29) is 31.2 Å². The van der Waals surface area contributed by atoms with Crippen LogP contribution in [0.4, 0.5) is 0 Å². The van der Waals surface area contributed by atoms with Crippen molar-refractivity contribution in [1.29, 1.82) is 0 Å². The maximum absolute atomic E-state index is 10.3. The molecular weight excluding hydrogens is 270 g/mol. The molecule has 8 N–H and O–H groups in total. The van der Waals surface area contributed by atoms with Crippen LogP contribution < -0.4 is 11.5 Å². The summed E-state index contributed by atoms with van der Waals surface area (Å²) in [5.74, 6) is 0. The molecule has 0 saturated carbocycles. The van der Waals surface area contributed by atoms with Gasteiger partial charge in [0.25, 0.3) is 0 Å². The summed E-state index contributed by atoms with van der Waals surface area (Å²) in [4.78, 5) is 33.5. The lowest BCUT2D eigenvalue weighted by Crippen LogP contribution is -2.25. The van der Waals surface area contributed by atoms with Crippen LogP contribution >= 0.6 is 15.2 Å². The van der Waals surface area contributed by atoms with E-state index in [1.165, 1.54) is 0 Å². The summed E-state index contributed by atoms with van der Waals surface area (Å²) in [5, 5.41) is 0. The van der Waals surface area contributed by atoms with Crippen LogP contribution in [-0.4, -0.2) is 44.5 Å². The molecule has 0 aromatic carbocycles. The van der Waals surface area contributed by atoms with Crippen molar-refractivity contribution in [2.75, 3.05) is 18.9 Å². The van der Waals surface area contributed by atoms with E-state index < -0.39 is 15.2 Å². The second-order valence-corrected chi connectivity index (χ2v) is 7.25. The van der Waals surface area contributed by atoms with E-state index in [0.29, 0.717) is 6.54 Å². The zero-order valence-corrected chi connectivity index (χ0v) is 11.6. The Labute approximate surface area is 101 Å². The van der Waals surface area contributed by atoms with E-state index in [4.69, 9.17) is 31.0 Å². The first-order chi connectivity index (χ1) is 7.48. The van der Waals surface area contributed by atoms with E-state index >= 15 is 0 Å². The van der Waals surface area contributed by atoms with Crippen molar-refractivity contribution < 1.29 is 28.7 Å². The zero-order chi connectivity index (χ0) is 14.1. The smallest absolute Gasteiger partial charge is 0.325 e. The highest BCUT2D eigenvalue weighted by molar-refractivity contribution is 7.52. The second kappa shape index (κ2) is 9.19. The maximum atomic E-state index is 10.3. The molecule has 0 aliphatic rings. The van der Waals surface area contributed by atoms with Gasteiger partial charge in [-0.1, -0.05) is 0 Å². The van der Waals surface area contributed by atoms with Gasteiger partial charge in [-0.2, -0.15) is 0 Å². The summed E-state index contributed by atoms with van der Waals surface area (Å²) in [6.07, 6.45) is -0.356. The van der Waals surface area contributed by atoms with Gasteiger partial charge < -0.3 is 31.0 Å². The number of hydrogen-bond acceptors (Lipinski definition) is 4. The van der Waals surface area contributed by atoms with Gasteiger partial charge in [0.15, 0.2) is 0 Å². The number of hydrogen-bond donors (Lipinski definition) is 6. The Hall–Kier alpha value is 0.220. The fourth-order valence-corrected chi connectivity index (χ4v) is 1.91. The van der Waals surface area contributed by atoms with Crippen molar-refractivity contribution in [3.05, 3.63) is 0 Å². The molecule has 1 atom stereocenters. The molecule has 106 valence electrons. The number of nitrogens with two attached hydrogens (primary N) is 2. The SMILES string of the molecule is CC(N)CN.O=P(O)(O)CCCCP(=O)(O)O. The molecule has 0 heterocycles. The lowest BCUT2D eigenvalue weighted by Gasteiger charge is -2.04. The van der Waals surface area contributed by atoms with Gasteiger partial charge in [0.2, 0.25) is 0 Å². The third-order valence-corrected chi connectivity index (χ3v) is 3.32. The molecule has 0 radical (unpaired) electrons. The molecule has 17 heavy (non-hydrogen) atoms. The first-order valence-electron chi connectivity index (χ1n) is 5.02. The predicted molar refractivity (Wildman–Crippen MR) is 65.8 cm³/mol. The van der Waals surface area contributed by atoms with E-state index in [1.807, 2.05) is 6.92 Å². The van der Waals surface area contributed by atoms with Crippen LogP contribution in [-0.2, 0) is 9.13 Å². The summed E-state index contributed by atoms with van der Waals surface area (Å²) in [5.41, 5.74) is 10.2. The molecule has 0 spiro atoms. The Morgan fingerprint density at radius 1 is 1.00 bits per heavy atom. The minimum atomic E-state index is -4.00. The highest BCUT2D eigenvalue weighted by Crippen LogP contribution is 2.38. The van der Waals surface area contributed by atoms with E-state index in [1.54, 1.807) is 0 Å². The summed E-state index contributed by atoms with van der Waals surface area (Å²) in [6, 6.07) is 0.162. The van der Waals surface area contributed by atoms with Gasteiger partial charge in [-0.05, 0) is 19.8 Å². The van der Waals surface area contributed by atoms with Crippen LogP contribution in [0, 0.1) is 0 Å². The molecule has 1 unspecified atom stereocenters. The lowest BCUT2D eigenvalue weighted by atomic mass is 10.4. The molecule has 10 heteroatoms. The molecule has 0 rings (SSSR count). The van der Waals surface area contributed by atoms with Crippen molar-refractivity contribution >= 4 is 15.2 Å². The average molecular weight is 292 g/mol. The third kappa shape index (κ3) is 26.1. The minimum absolute atomic E-state index is 0.134. The quantitative estimate of drug-likeness (QED) is 0.279. The van der Waals surface area contributed by atoms with Crippen molar-refractivity contribution in [3.8, 4) is 0 Å². The zero-order valence-electron chi connectivity index (χ0n) is 9.77. The molecule has 0 fully saturated rings. The minimum Gasteiger partial charge on any atom is -0.329 e. The summed E-state index contributed by atoms with van der Waals surface area (Å²) in [7, 11) is -8.00. The van der Waals surface area contributed by atoms with Crippen LogP contribution in [0.25, 0.3) is 0 Å². The van der Waals surface area contributed by atoms with Gasteiger partial charge in [-0.15, -0.1) is 0 Å². The Morgan fingerprint density at radius 3 is 1.35 bits per heavy atom. The topological polar surface area (TPSA) is 167 Å². The van der Waals surface area contributed by atoms with Gasteiger partial charge in [0.1, 0.15) is 0 Å². The molecule has 0 aliphatic heterocycles. The van der Waals surface area contributed by atoms with E-state index in [9.17, 15) is 9.13 Å². The van der Waals surface area contributed by atoms with Crippen LogP contribution in [0.1, 0.15) is 19.8 Å². The molecule has 0 aliphatic carbocycles. The van der Waals surface area contributed by atoms with Crippen molar-refractivity contribution in [1.82, 2.24) is 0 Å². The molecular formula is C7H22N2O6P2. The maximum Gasteiger partial charge on any atom is 0.325 e. The van der Waals surface area contributed by atoms with E-state index in [2.05, 4.69) is 0 Å². The monoisotopic (exact) mass is 292 g/mol. The first kappa shape index (κ1) is 19.6. The molecule has 0 aromatic heterocycles. The molecule has 0 amide bonds. The van der Waals surface area contributed by atoms with E-state index in [0.717, 1.165) is 0 Å². The van der Waals surface area contributed by atoms with Gasteiger partial charge in [0.05, 0.1) is 0 Å². The highest BCUT2D eigenvalue weighted by Gasteiger charge is 2.15. The average Bonchev–Trinajstić information content (AvgIpc) is 2.10. The first-order valence-corrected chi connectivity index (χ1v) is 8.62. The fourth-order valence-electron chi connectivity index (χ4n) is 0.636. The third-order valence-electron chi connectivity index (χ3n) is 1.52. The molecule has 8 nitrogen and oxygen atoms in total. The van der Waals surface area contributed by atoms with Crippen molar-refractivity contribution in [2.24, 2.45) is 11.5 Å². The van der Waals surface area contributed by atoms with Crippen LogP contribution in [0.15, 0.2) is 0 Å². The Morgan fingerprint density at radius 2 is 1.24 bits per heavy atom. The van der Waals surface area contributed by atoms with Crippen molar-refractivity contribution in [2.45, 2.75) is 25.8 Å². The van der Waals surface area contributed by atoms with Crippen LogP contribution in [0.5, 0.6) is 0 Å². The van der Waals surface area contributed by atoms with Gasteiger partial charge in [0, 0.05) is 24.9 Å². The Bertz CT molecular complexity index is 250. The largest absolute Gasteiger partial charge is 0.329 e. The Kier molecular flexibility index (Phi) is 10.6. The molecule has 0 saturated heterocycles. The second-order valence-electron chi connectivity index (χ2n) is 3.70. The van der Waals surface area contributed by atoms with Crippen LogP contribution in [0.2, 0.25) is 0 Å². The van der Waals surface area contributed by atoms with Gasteiger partial charge in [-0.3, -0.25) is 9.13 Å². The lowest BCUT2D eigenvalue weighted by molar-refractivity contribution is 0.364. The summed E-state index contributed by atoms with van der Waals surface area (Å²) in [6.45, 7) is 2.46. The standard InChI is InChI=1S/C4H12O6P2.C3H10N2/c5-11(6,7)3-1-2-4-12(8,9)10;1-3(5)2-4/h1-4H2,(H2,5,6,7)(H2,8,9,10);3H,2,4-5H2,1H3. The number of unbranched alkanes of at least 4 members (excludes halogenated alkanes) is 1. The van der Waals surface area contributed by atoms with Gasteiger partial charge >= 0.3 is 15.2 Å². The summed E-state index contributed by atoms with van der Waals surface area (Å²) < 4.78 is 20.5. The fraction of sp³-hybridized carbons (Fsp3) is 1.00. The normalized spacial score (nSPS) is 13.8. The highest BCUT2D eigenvalue weighted by atomic mass is 31.2. The summed E-state index contributed by atoms with van der Waals surface area (Å²) >= 11 is 0. The van der Waals surface area contributed by atoms with Gasteiger partial charge in [-0.25, -0.2) is 0 Å². The predicted octanol–water partition coefficient (Wildman–Crippen LogP) is -0.586. The number of rotatable bonds is 6. The Balaban J connectivity index is 0. The van der Waals surface area contributed by atoms with Crippen molar-refractivity contribution in [3.63, 3.8) is 0 Å². The van der Waals surface area contributed by atoms with Crippen LogP contribution in [0.3, 0.4) is 0 Å². The molecule has 0 bridgehead atoms.